The van der Waals surface area contributed by atoms with Crippen molar-refractivity contribution in [3.8, 4) is 0 Å². The molecule has 2 aromatic rings. The van der Waals surface area contributed by atoms with Crippen LogP contribution in [0.4, 0.5) is 0 Å². The number of carboxylic acids is 1. The second-order valence-corrected chi connectivity index (χ2v) is 6.53. The number of carbonyl (C=O) groups is 1. The molecule has 1 aromatic heterocycles. The summed E-state index contributed by atoms with van der Waals surface area (Å²) in [6, 6.07) is 4.00. The molecule has 0 saturated carbocycles. The highest BCUT2D eigenvalue weighted by molar-refractivity contribution is 6.04. The Labute approximate surface area is 138 Å². The Kier molecular flexibility index (Phi) is 5.47. The van der Waals surface area contributed by atoms with Gasteiger partial charge in [-0.05, 0) is 55.5 Å². The van der Waals surface area contributed by atoms with Crippen molar-refractivity contribution < 1.29 is 9.90 Å². The average Bonchev–Trinajstić information content (AvgIpc) is 2.77. The first-order valence-corrected chi connectivity index (χ1v) is 8.51. The number of nitrogens with zero attached hydrogens (tertiary/aromatic N) is 1. The van der Waals surface area contributed by atoms with E-state index in [1.807, 2.05) is 6.07 Å². The predicted molar refractivity (Wildman–Crippen MR) is 95.4 cm³/mol. The molecule has 126 valence electrons. The van der Waals surface area contributed by atoms with Crippen molar-refractivity contribution in [3.05, 3.63) is 34.5 Å². The highest BCUT2D eigenvalue weighted by Crippen LogP contribution is 2.33. The van der Waals surface area contributed by atoms with Gasteiger partial charge < -0.3 is 15.4 Å². The molecule has 0 aliphatic carbocycles. The largest absolute Gasteiger partial charge is 0.478 e. The number of hydrogen-bond acceptors (Lipinski definition) is 2. The lowest BCUT2D eigenvalue weighted by molar-refractivity contribution is 0.0698. The van der Waals surface area contributed by atoms with E-state index < -0.39 is 5.97 Å². The van der Waals surface area contributed by atoms with Crippen LogP contribution in [0.2, 0.25) is 0 Å². The predicted octanol–water partition coefficient (Wildman–Crippen LogP) is 4.07. The molecular weight excluding hydrogens is 288 g/mol. The molecular formula is C19H28N2O2. The summed E-state index contributed by atoms with van der Waals surface area (Å²) in [6.07, 6.45) is 2.90. The van der Waals surface area contributed by atoms with E-state index in [1.54, 1.807) is 0 Å². The molecule has 23 heavy (non-hydrogen) atoms. The Hall–Kier alpha value is -1.81. The molecule has 0 fully saturated rings. The van der Waals surface area contributed by atoms with Crippen LogP contribution in [0.25, 0.3) is 10.9 Å². The summed E-state index contributed by atoms with van der Waals surface area (Å²) < 4.78 is 2.18. The fraction of sp³-hybridized carbons (Fsp3) is 0.526. The summed E-state index contributed by atoms with van der Waals surface area (Å²) in [5.41, 5.74) is 10.5. The lowest BCUT2D eigenvalue weighted by Crippen LogP contribution is -2.07. The van der Waals surface area contributed by atoms with Crippen LogP contribution < -0.4 is 5.73 Å². The van der Waals surface area contributed by atoms with Gasteiger partial charge in [-0.25, -0.2) is 4.79 Å². The van der Waals surface area contributed by atoms with Crippen LogP contribution in [-0.4, -0.2) is 22.2 Å². The molecule has 0 atom stereocenters. The zero-order valence-corrected chi connectivity index (χ0v) is 14.6. The van der Waals surface area contributed by atoms with Crippen molar-refractivity contribution in [2.75, 3.05) is 6.54 Å². The number of rotatable bonds is 7. The number of fused-ring (bicyclic) bond motifs is 1. The van der Waals surface area contributed by atoms with Gasteiger partial charge in [-0.2, -0.15) is 0 Å². The Bertz CT molecular complexity index is 714. The van der Waals surface area contributed by atoms with Gasteiger partial charge in [0.2, 0.25) is 0 Å². The SMILES string of the molecule is CCCCn1c(C)c(CCN)c2cc(C(C)C)cc(C(=O)O)c21. The third-order valence-electron chi connectivity index (χ3n) is 4.60. The lowest BCUT2D eigenvalue weighted by Gasteiger charge is -2.12. The van der Waals surface area contributed by atoms with Crippen LogP contribution in [0.1, 0.15) is 66.7 Å². The van der Waals surface area contributed by atoms with Crippen molar-refractivity contribution in [1.29, 1.82) is 0 Å². The number of nitrogens with two attached hydrogens (primary N) is 1. The molecule has 0 aliphatic rings. The minimum absolute atomic E-state index is 0.294. The molecule has 4 heteroatoms. The number of hydrogen-bond donors (Lipinski definition) is 2. The standard InChI is InChI=1S/C19H28N2O2/c1-5-6-9-21-13(4)15(7-8-20)16-10-14(12(2)3)11-17(18(16)21)19(22)23/h10-12H,5-9,20H2,1-4H3,(H,22,23). The first-order chi connectivity index (χ1) is 10.9. The van der Waals surface area contributed by atoms with Gasteiger partial charge in [0.15, 0.2) is 0 Å². The molecule has 0 aliphatic heterocycles. The van der Waals surface area contributed by atoms with E-state index in [0.717, 1.165) is 48.0 Å². The van der Waals surface area contributed by atoms with Crippen LogP contribution in [0.5, 0.6) is 0 Å². The van der Waals surface area contributed by atoms with Crippen LogP contribution in [0, 0.1) is 6.92 Å². The molecule has 3 N–H and O–H groups in total. The maximum Gasteiger partial charge on any atom is 0.337 e. The van der Waals surface area contributed by atoms with E-state index in [-0.39, 0.29) is 0 Å². The second kappa shape index (κ2) is 7.18. The summed E-state index contributed by atoms with van der Waals surface area (Å²) >= 11 is 0. The molecule has 2 rings (SSSR count). The van der Waals surface area contributed by atoms with Crippen molar-refractivity contribution in [2.45, 2.75) is 59.4 Å². The number of carboxylic acid groups (broad SMARTS) is 1. The molecule has 4 nitrogen and oxygen atoms in total. The van der Waals surface area contributed by atoms with Crippen molar-refractivity contribution >= 4 is 16.9 Å². The molecule has 1 heterocycles. The van der Waals surface area contributed by atoms with E-state index >= 15 is 0 Å². The van der Waals surface area contributed by atoms with E-state index in [9.17, 15) is 9.90 Å². The van der Waals surface area contributed by atoms with Gasteiger partial charge in [-0.3, -0.25) is 0 Å². The summed E-state index contributed by atoms with van der Waals surface area (Å²) in [7, 11) is 0. The van der Waals surface area contributed by atoms with Crippen LogP contribution in [-0.2, 0) is 13.0 Å². The van der Waals surface area contributed by atoms with Crippen molar-refractivity contribution in [3.63, 3.8) is 0 Å². The topological polar surface area (TPSA) is 68.2 Å². The maximum absolute atomic E-state index is 11.9. The Morgan fingerprint density at radius 1 is 1.35 bits per heavy atom. The smallest absolute Gasteiger partial charge is 0.337 e. The molecule has 0 unspecified atom stereocenters. The monoisotopic (exact) mass is 316 g/mol. The fourth-order valence-electron chi connectivity index (χ4n) is 3.26. The molecule has 0 saturated heterocycles. The third-order valence-corrected chi connectivity index (χ3v) is 4.60. The Balaban J connectivity index is 2.83. The summed E-state index contributed by atoms with van der Waals surface area (Å²) in [6.45, 7) is 9.84. The Morgan fingerprint density at radius 3 is 2.57 bits per heavy atom. The average molecular weight is 316 g/mol. The van der Waals surface area contributed by atoms with Crippen LogP contribution >= 0.6 is 0 Å². The fourth-order valence-corrected chi connectivity index (χ4v) is 3.26. The number of benzene rings is 1. The first-order valence-electron chi connectivity index (χ1n) is 8.51. The normalized spacial score (nSPS) is 11.6. The highest BCUT2D eigenvalue weighted by Gasteiger charge is 2.21. The number of aryl methyl sites for hydroxylation is 1. The molecule has 1 aromatic carbocycles. The zero-order valence-electron chi connectivity index (χ0n) is 14.6. The quantitative estimate of drug-likeness (QED) is 0.809. The molecule has 0 bridgehead atoms. The van der Waals surface area contributed by atoms with Gasteiger partial charge in [0.25, 0.3) is 0 Å². The third kappa shape index (κ3) is 3.27. The van der Waals surface area contributed by atoms with E-state index in [2.05, 4.69) is 38.3 Å². The van der Waals surface area contributed by atoms with Gasteiger partial charge in [-0.1, -0.05) is 27.2 Å². The van der Waals surface area contributed by atoms with E-state index in [0.29, 0.717) is 18.0 Å². The minimum atomic E-state index is -0.855. The first kappa shape index (κ1) is 17.5. The highest BCUT2D eigenvalue weighted by atomic mass is 16.4. The summed E-state index contributed by atoms with van der Waals surface area (Å²) in [5.74, 6) is -0.561. The molecule has 0 spiro atoms. The van der Waals surface area contributed by atoms with Gasteiger partial charge in [-0.15, -0.1) is 0 Å². The molecule has 0 radical (unpaired) electrons. The van der Waals surface area contributed by atoms with Gasteiger partial charge in [0.05, 0.1) is 11.1 Å². The maximum atomic E-state index is 11.9. The second-order valence-electron chi connectivity index (χ2n) is 6.53. The van der Waals surface area contributed by atoms with Crippen molar-refractivity contribution in [1.82, 2.24) is 4.57 Å². The van der Waals surface area contributed by atoms with Gasteiger partial charge in [0, 0.05) is 17.6 Å². The van der Waals surface area contributed by atoms with Crippen LogP contribution in [0.3, 0.4) is 0 Å². The van der Waals surface area contributed by atoms with Crippen molar-refractivity contribution in [2.24, 2.45) is 5.73 Å². The number of unbranched alkanes of at least 4 members (excludes halogenated alkanes) is 1. The number of aromatic carboxylic acids is 1. The lowest BCUT2D eigenvalue weighted by atomic mass is 9.96. The van der Waals surface area contributed by atoms with E-state index in [1.165, 1.54) is 5.56 Å². The number of aromatic nitrogens is 1. The van der Waals surface area contributed by atoms with E-state index in [4.69, 9.17) is 5.73 Å². The molecule has 0 amide bonds. The van der Waals surface area contributed by atoms with Crippen LogP contribution in [0.15, 0.2) is 12.1 Å². The minimum Gasteiger partial charge on any atom is -0.478 e. The summed E-state index contributed by atoms with van der Waals surface area (Å²) in [4.78, 5) is 11.9. The van der Waals surface area contributed by atoms with Gasteiger partial charge >= 0.3 is 5.97 Å². The Morgan fingerprint density at radius 2 is 2.04 bits per heavy atom. The zero-order chi connectivity index (χ0) is 17.1. The van der Waals surface area contributed by atoms with Gasteiger partial charge in [0.1, 0.15) is 0 Å². The summed E-state index contributed by atoms with van der Waals surface area (Å²) in [5, 5.41) is 10.8.